The van der Waals surface area contributed by atoms with E-state index < -0.39 is 8.96 Å². The summed E-state index contributed by atoms with van der Waals surface area (Å²) in [6, 6.07) is 1.71. The van der Waals surface area contributed by atoms with E-state index in [1.807, 2.05) is 18.8 Å². The van der Waals surface area contributed by atoms with Crippen molar-refractivity contribution < 1.29 is 9.53 Å². The predicted molar refractivity (Wildman–Crippen MR) is 66.3 cm³/mol. The Labute approximate surface area is 95.9 Å². The van der Waals surface area contributed by atoms with Crippen LogP contribution in [0.3, 0.4) is 0 Å². The van der Waals surface area contributed by atoms with Crippen LogP contribution in [0, 0.1) is 4.78 Å². The summed E-state index contributed by atoms with van der Waals surface area (Å²) < 4.78 is 13.2. The fourth-order valence-electron chi connectivity index (χ4n) is 1.14. The van der Waals surface area contributed by atoms with Gasteiger partial charge in [0.25, 0.3) is 0 Å². The highest BCUT2D eigenvalue weighted by atomic mass is 32.3. The monoisotopic (exact) mass is 242 g/mol. The summed E-state index contributed by atoms with van der Waals surface area (Å²) in [6.45, 7) is 2.10. The number of aromatic nitrogens is 1. The zero-order valence-corrected chi connectivity index (χ0v) is 10.9. The quantitative estimate of drug-likeness (QED) is 0.824. The van der Waals surface area contributed by atoms with E-state index in [0.29, 0.717) is 12.2 Å². The lowest BCUT2D eigenvalue weighted by Gasteiger charge is -2.33. The molecule has 1 aromatic rings. The molecule has 0 spiro atoms. The molecule has 0 atom stereocenters. The maximum Gasteiger partial charge on any atom is 0.339 e. The molecule has 4 nitrogen and oxygen atoms in total. The van der Waals surface area contributed by atoms with E-state index in [1.54, 1.807) is 19.2 Å². The molecule has 0 bridgehead atoms. The molecular weight excluding hydrogens is 224 g/mol. The van der Waals surface area contributed by atoms with Gasteiger partial charge in [0.1, 0.15) is 0 Å². The second-order valence-corrected chi connectivity index (χ2v) is 10.3. The number of hydrogen-bond acceptors (Lipinski definition) is 4. The predicted octanol–water partition coefficient (Wildman–Crippen LogP) is 1.96. The first-order valence-corrected chi connectivity index (χ1v) is 8.22. The third-order valence-electron chi connectivity index (χ3n) is 2.05. The lowest BCUT2D eigenvalue weighted by molar-refractivity contribution is 0.0525. The minimum absolute atomic E-state index is 0.343. The van der Waals surface area contributed by atoms with E-state index in [2.05, 4.69) is 4.98 Å². The first-order chi connectivity index (χ1) is 7.21. The number of nitrogens with zero attached hydrogens (tertiary/aromatic N) is 1. The first-order valence-electron chi connectivity index (χ1n) is 4.96. The Morgan fingerprint density at radius 1 is 1.44 bits per heavy atom. The van der Waals surface area contributed by atoms with E-state index in [1.165, 1.54) is 6.20 Å². The number of hydrogen-bond donors (Lipinski definition) is 1. The van der Waals surface area contributed by atoms with Crippen LogP contribution in [0.1, 0.15) is 17.3 Å². The molecule has 0 aliphatic rings. The Balaban J connectivity index is 3.16. The number of esters is 1. The SMILES string of the molecule is CCOC(=O)c1cncc(S(C)(C)(C)=N)c1. The third-order valence-corrected chi connectivity index (χ3v) is 3.92. The molecule has 1 heterocycles. The van der Waals surface area contributed by atoms with Crippen LogP contribution in [0.4, 0.5) is 0 Å². The molecular formula is C11H18N2O2S. The molecule has 90 valence electrons. The Bertz CT molecular complexity index is 466. The Morgan fingerprint density at radius 3 is 2.56 bits per heavy atom. The van der Waals surface area contributed by atoms with Crippen molar-refractivity contribution in [1.29, 1.82) is 4.78 Å². The normalized spacial score (nSPS) is 13.9. The molecule has 1 rings (SSSR count). The van der Waals surface area contributed by atoms with Crippen molar-refractivity contribution in [2.75, 3.05) is 25.4 Å². The van der Waals surface area contributed by atoms with Gasteiger partial charge in [0, 0.05) is 17.3 Å². The van der Waals surface area contributed by atoms with Crippen molar-refractivity contribution in [3.63, 3.8) is 0 Å². The van der Waals surface area contributed by atoms with Gasteiger partial charge in [0.2, 0.25) is 0 Å². The summed E-state index contributed by atoms with van der Waals surface area (Å²) in [5, 5.41) is 0. The van der Waals surface area contributed by atoms with Crippen molar-refractivity contribution in [2.24, 2.45) is 0 Å². The summed E-state index contributed by atoms with van der Waals surface area (Å²) in [4.78, 5) is 16.3. The largest absolute Gasteiger partial charge is 0.462 e. The highest BCUT2D eigenvalue weighted by Gasteiger charge is 2.19. The van der Waals surface area contributed by atoms with Crippen LogP contribution in [0.5, 0.6) is 0 Å². The van der Waals surface area contributed by atoms with Crippen molar-refractivity contribution in [1.82, 2.24) is 4.98 Å². The molecule has 1 N–H and O–H groups in total. The van der Waals surface area contributed by atoms with Crippen LogP contribution in [0.15, 0.2) is 23.4 Å². The van der Waals surface area contributed by atoms with Crippen LogP contribution in [0.2, 0.25) is 0 Å². The van der Waals surface area contributed by atoms with E-state index >= 15 is 0 Å². The first kappa shape index (κ1) is 12.8. The van der Waals surface area contributed by atoms with Gasteiger partial charge in [-0.15, -0.1) is 0 Å². The van der Waals surface area contributed by atoms with Crippen LogP contribution < -0.4 is 0 Å². The van der Waals surface area contributed by atoms with E-state index in [0.717, 1.165) is 4.90 Å². The Morgan fingerprint density at radius 2 is 2.06 bits per heavy atom. The highest BCUT2D eigenvalue weighted by molar-refractivity contribution is 8.19. The molecule has 16 heavy (non-hydrogen) atoms. The number of rotatable bonds is 3. The smallest absolute Gasteiger partial charge is 0.339 e. The third kappa shape index (κ3) is 3.13. The van der Waals surface area contributed by atoms with Gasteiger partial charge < -0.3 is 4.74 Å². The fraction of sp³-hybridized carbons (Fsp3) is 0.455. The van der Waals surface area contributed by atoms with Gasteiger partial charge in [-0.2, -0.15) is 8.96 Å². The Hall–Kier alpha value is -1.23. The minimum Gasteiger partial charge on any atom is -0.462 e. The van der Waals surface area contributed by atoms with Gasteiger partial charge >= 0.3 is 5.97 Å². The molecule has 0 amide bonds. The molecule has 0 unspecified atom stereocenters. The van der Waals surface area contributed by atoms with Gasteiger partial charge in [-0.25, -0.2) is 4.79 Å². The molecule has 0 aliphatic heterocycles. The summed E-state index contributed by atoms with van der Waals surface area (Å²) in [7, 11) is -2.37. The molecule has 0 aliphatic carbocycles. The standard InChI is InChI=1S/C11H18N2O2S/c1-5-15-11(14)9-6-10(8-13-7-9)16(2,3,4)12/h6-8,12H,5H2,1-4H3. The molecule has 0 fully saturated rings. The van der Waals surface area contributed by atoms with Gasteiger partial charge in [0.15, 0.2) is 0 Å². The molecule has 0 aromatic carbocycles. The fourth-order valence-corrected chi connectivity index (χ4v) is 2.10. The van der Waals surface area contributed by atoms with Crippen LogP contribution in [-0.4, -0.2) is 36.3 Å². The Kier molecular flexibility index (Phi) is 3.19. The second kappa shape index (κ2) is 3.97. The van der Waals surface area contributed by atoms with Gasteiger partial charge in [-0.1, -0.05) is 0 Å². The maximum absolute atomic E-state index is 11.5. The summed E-state index contributed by atoms with van der Waals surface area (Å²) in [5.41, 5.74) is 0.417. The van der Waals surface area contributed by atoms with E-state index in [-0.39, 0.29) is 5.97 Å². The molecule has 0 saturated heterocycles. The zero-order chi connectivity index (χ0) is 12.4. The maximum atomic E-state index is 11.5. The molecule has 5 heteroatoms. The van der Waals surface area contributed by atoms with Crippen molar-refractivity contribution in [3.8, 4) is 0 Å². The number of nitrogens with one attached hydrogen (secondary N) is 1. The zero-order valence-electron chi connectivity index (χ0n) is 10.1. The van der Waals surface area contributed by atoms with Crippen molar-refractivity contribution in [2.45, 2.75) is 11.8 Å². The average molecular weight is 242 g/mol. The lowest BCUT2D eigenvalue weighted by atomic mass is 10.3. The van der Waals surface area contributed by atoms with Crippen LogP contribution >= 0.6 is 0 Å². The molecule has 0 saturated carbocycles. The summed E-state index contributed by atoms with van der Waals surface area (Å²) in [5.74, 6) is -0.381. The van der Waals surface area contributed by atoms with Crippen LogP contribution in [-0.2, 0) is 13.7 Å². The molecule has 1 aromatic heterocycles. The topological polar surface area (TPSA) is 63.0 Å². The molecule has 0 radical (unpaired) electrons. The van der Waals surface area contributed by atoms with Gasteiger partial charge in [0.05, 0.1) is 12.2 Å². The summed E-state index contributed by atoms with van der Waals surface area (Å²) >= 11 is 0. The van der Waals surface area contributed by atoms with Crippen molar-refractivity contribution >= 4 is 14.9 Å². The average Bonchev–Trinajstić information content (AvgIpc) is 2.16. The van der Waals surface area contributed by atoms with E-state index in [4.69, 9.17) is 9.52 Å². The number of ether oxygens (including phenoxy) is 1. The second-order valence-electron chi connectivity index (χ2n) is 4.68. The van der Waals surface area contributed by atoms with Gasteiger partial charge in [-0.3, -0.25) is 9.76 Å². The number of carbonyl (C=O) groups is 1. The number of carbonyl (C=O) groups excluding carboxylic acids is 1. The minimum atomic E-state index is -2.37. The van der Waals surface area contributed by atoms with Gasteiger partial charge in [-0.05, 0) is 31.8 Å². The lowest BCUT2D eigenvalue weighted by Crippen LogP contribution is -2.26. The van der Waals surface area contributed by atoms with E-state index in [9.17, 15) is 4.79 Å². The van der Waals surface area contributed by atoms with Crippen LogP contribution in [0.25, 0.3) is 0 Å². The number of pyridine rings is 1. The highest BCUT2D eigenvalue weighted by Crippen LogP contribution is 2.27. The summed E-state index contributed by atoms with van der Waals surface area (Å²) in [6.07, 6.45) is 8.76. The van der Waals surface area contributed by atoms with Crippen molar-refractivity contribution in [3.05, 3.63) is 24.0 Å².